The number of nitrogens with zero attached hydrogens (tertiary/aromatic N) is 4. The van der Waals surface area contributed by atoms with Crippen LogP contribution in [0.1, 0.15) is 11.3 Å². The van der Waals surface area contributed by atoms with Gasteiger partial charge in [-0.3, -0.25) is 9.69 Å². The quantitative estimate of drug-likeness (QED) is 0.572. The molecule has 0 saturated carbocycles. The van der Waals surface area contributed by atoms with Gasteiger partial charge in [0.1, 0.15) is 17.3 Å². The van der Waals surface area contributed by atoms with Crippen molar-refractivity contribution in [2.75, 3.05) is 38.0 Å². The molecule has 1 fully saturated rings. The average Bonchev–Trinajstić information content (AvgIpc) is 3.14. The van der Waals surface area contributed by atoms with Crippen molar-refractivity contribution < 1.29 is 17.6 Å². The van der Waals surface area contributed by atoms with Gasteiger partial charge in [0.2, 0.25) is 15.9 Å². The number of aromatic nitrogens is 2. The Labute approximate surface area is 192 Å². The molecule has 8 nitrogen and oxygen atoms in total. The topological polar surface area (TPSA) is 87.5 Å². The molecule has 0 aliphatic carbocycles. The molecule has 10 heteroatoms. The predicted molar refractivity (Wildman–Crippen MR) is 124 cm³/mol. The highest BCUT2D eigenvalue weighted by atomic mass is 32.2. The Bertz CT molecular complexity index is 1220. The summed E-state index contributed by atoms with van der Waals surface area (Å²) in [6, 6.07) is 17.0. The Morgan fingerprint density at radius 2 is 1.70 bits per heavy atom. The van der Waals surface area contributed by atoms with Crippen LogP contribution in [-0.4, -0.2) is 66.0 Å². The number of sulfonamides is 1. The molecule has 1 saturated heterocycles. The first-order valence-electron chi connectivity index (χ1n) is 10.7. The van der Waals surface area contributed by atoms with Crippen molar-refractivity contribution in [3.8, 4) is 5.69 Å². The molecule has 1 aromatic heterocycles. The average molecular weight is 472 g/mol. The number of anilines is 1. The van der Waals surface area contributed by atoms with E-state index >= 15 is 0 Å². The Balaban J connectivity index is 1.34. The van der Waals surface area contributed by atoms with E-state index in [1.54, 1.807) is 43.3 Å². The van der Waals surface area contributed by atoms with Gasteiger partial charge in [-0.1, -0.05) is 42.5 Å². The van der Waals surface area contributed by atoms with Gasteiger partial charge >= 0.3 is 0 Å². The van der Waals surface area contributed by atoms with Crippen LogP contribution < -0.4 is 5.32 Å². The molecule has 3 aromatic rings. The van der Waals surface area contributed by atoms with Crippen molar-refractivity contribution >= 4 is 21.7 Å². The molecule has 1 amide bonds. The van der Waals surface area contributed by atoms with E-state index in [4.69, 9.17) is 0 Å². The molecule has 2 aromatic carbocycles. The number of carbonyl (C=O) groups excluding carboxylic acids is 1. The highest BCUT2D eigenvalue weighted by Crippen LogP contribution is 2.20. The fraction of sp³-hybridized carbons (Fsp3) is 0.304. The maximum absolute atomic E-state index is 14.2. The van der Waals surface area contributed by atoms with Crippen LogP contribution in [0, 0.1) is 12.7 Å². The number of amides is 1. The third-order valence-electron chi connectivity index (χ3n) is 5.46. The summed E-state index contributed by atoms with van der Waals surface area (Å²) in [5, 5.41) is 7.09. The second kappa shape index (κ2) is 9.82. The van der Waals surface area contributed by atoms with Gasteiger partial charge in [-0.05, 0) is 24.6 Å². The van der Waals surface area contributed by atoms with Crippen LogP contribution in [0.15, 0.2) is 60.7 Å². The van der Waals surface area contributed by atoms with Gasteiger partial charge in [0, 0.05) is 32.2 Å². The molecule has 0 unspecified atom stereocenters. The number of hydrogen-bond acceptors (Lipinski definition) is 5. The number of para-hydroxylation sites is 1. The third kappa shape index (κ3) is 5.65. The summed E-state index contributed by atoms with van der Waals surface area (Å²) >= 11 is 0. The van der Waals surface area contributed by atoms with E-state index in [1.807, 2.05) is 23.1 Å². The van der Waals surface area contributed by atoms with Crippen molar-refractivity contribution in [1.82, 2.24) is 19.0 Å². The zero-order chi connectivity index (χ0) is 23.4. The smallest absolute Gasteiger partial charge is 0.239 e. The summed E-state index contributed by atoms with van der Waals surface area (Å²) < 4.78 is 42.5. The van der Waals surface area contributed by atoms with Crippen LogP contribution in [0.3, 0.4) is 0 Å². The first-order valence-corrected chi connectivity index (χ1v) is 12.3. The van der Waals surface area contributed by atoms with Gasteiger partial charge in [0.15, 0.2) is 0 Å². The minimum atomic E-state index is -3.42. The van der Waals surface area contributed by atoms with Gasteiger partial charge in [-0.25, -0.2) is 17.5 Å². The van der Waals surface area contributed by atoms with Gasteiger partial charge in [0.05, 0.1) is 18.0 Å². The van der Waals surface area contributed by atoms with Crippen molar-refractivity contribution in [3.05, 3.63) is 77.7 Å². The molecule has 2 heterocycles. The summed E-state index contributed by atoms with van der Waals surface area (Å²) in [5.74, 6) is -0.364. The van der Waals surface area contributed by atoms with E-state index in [9.17, 15) is 17.6 Å². The van der Waals surface area contributed by atoms with Gasteiger partial charge in [-0.15, -0.1) is 0 Å². The second-order valence-corrected chi connectivity index (χ2v) is 9.97. The van der Waals surface area contributed by atoms with E-state index in [-0.39, 0.29) is 23.9 Å². The number of benzene rings is 2. The van der Waals surface area contributed by atoms with E-state index < -0.39 is 15.8 Å². The number of piperazine rings is 1. The van der Waals surface area contributed by atoms with Crippen LogP contribution in [0.4, 0.5) is 10.2 Å². The fourth-order valence-corrected chi connectivity index (χ4v) is 5.34. The molecule has 4 rings (SSSR count). The first kappa shape index (κ1) is 23.1. The molecular formula is C23H26FN5O3S. The van der Waals surface area contributed by atoms with Crippen molar-refractivity contribution in [2.24, 2.45) is 0 Å². The number of aryl methyl sites for hydroxylation is 1. The Hall–Kier alpha value is -3.08. The molecule has 1 aliphatic heterocycles. The molecule has 0 radical (unpaired) electrons. The summed E-state index contributed by atoms with van der Waals surface area (Å²) in [5.41, 5.74) is 1.64. The molecule has 33 heavy (non-hydrogen) atoms. The minimum Gasteiger partial charge on any atom is -0.309 e. The van der Waals surface area contributed by atoms with E-state index in [1.165, 1.54) is 15.1 Å². The minimum absolute atomic E-state index is 0.0340. The van der Waals surface area contributed by atoms with Gasteiger partial charge < -0.3 is 5.32 Å². The summed E-state index contributed by atoms with van der Waals surface area (Å²) in [6.07, 6.45) is 0. The fourth-order valence-electron chi connectivity index (χ4n) is 3.82. The van der Waals surface area contributed by atoms with E-state index in [2.05, 4.69) is 10.4 Å². The molecule has 174 valence electrons. The van der Waals surface area contributed by atoms with Gasteiger partial charge in [-0.2, -0.15) is 9.40 Å². The van der Waals surface area contributed by atoms with Crippen LogP contribution in [0.25, 0.3) is 5.69 Å². The predicted octanol–water partition coefficient (Wildman–Crippen LogP) is 2.41. The molecule has 0 atom stereocenters. The Morgan fingerprint density at radius 1 is 1.03 bits per heavy atom. The lowest BCUT2D eigenvalue weighted by Gasteiger charge is -2.33. The maximum atomic E-state index is 14.2. The molecule has 0 spiro atoms. The zero-order valence-corrected chi connectivity index (χ0v) is 19.1. The van der Waals surface area contributed by atoms with Crippen LogP contribution in [0.2, 0.25) is 0 Å². The number of halogens is 1. The van der Waals surface area contributed by atoms with Crippen LogP contribution in [0.5, 0.6) is 0 Å². The summed E-state index contributed by atoms with van der Waals surface area (Å²) in [6.45, 7) is 3.43. The number of rotatable bonds is 7. The first-order chi connectivity index (χ1) is 15.8. The lowest BCUT2D eigenvalue weighted by molar-refractivity contribution is -0.117. The Morgan fingerprint density at radius 3 is 2.39 bits per heavy atom. The van der Waals surface area contributed by atoms with Crippen molar-refractivity contribution in [3.63, 3.8) is 0 Å². The van der Waals surface area contributed by atoms with Crippen LogP contribution >= 0.6 is 0 Å². The number of nitrogens with one attached hydrogen (secondary N) is 1. The van der Waals surface area contributed by atoms with Gasteiger partial charge in [0.25, 0.3) is 0 Å². The lowest BCUT2D eigenvalue weighted by Crippen LogP contribution is -2.50. The normalized spacial score (nSPS) is 15.5. The Kier molecular flexibility index (Phi) is 6.87. The second-order valence-electron chi connectivity index (χ2n) is 8.00. The molecule has 1 aliphatic rings. The van der Waals surface area contributed by atoms with Crippen LogP contribution in [-0.2, 0) is 20.6 Å². The van der Waals surface area contributed by atoms with Crippen molar-refractivity contribution in [2.45, 2.75) is 12.7 Å². The highest BCUT2D eigenvalue weighted by Gasteiger charge is 2.28. The molecular weight excluding hydrogens is 445 g/mol. The maximum Gasteiger partial charge on any atom is 0.239 e. The lowest BCUT2D eigenvalue weighted by atomic mass is 10.2. The standard InChI is InChI=1S/C23H26FN5O3S/c1-18-15-22(29(26-18)21-10-6-5-9-20(21)24)25-23(30)16-27-11-13-28(14-12-27)33(31,32)17-19-7-3-2-4-8-19/h2-10,15H,11-14,16-17H2,1H3,(H,25,30). The number of carbonyl (C=O) groups is 1. The van der Waals surface area contributed by atoms with E-state index in [0.717, 1.165) is 5.56 Å². The monoisotopic (exact) mass is 471 g/mol. The molecule has 0 bridgehead atoms. The van der Waals surface area contributed by atoms with Crippen molar-refractivity contribution in [1.29, 1.82) is 0 Å². The third-order valence-corrected chi connectivity index (χ3v) is 7.31. The largest absolute Gasteiger partial charge is 0.309 e. The van der Waals surface area contributed by atoms with E-state index in [0.29, 0.717) is 37.7 Å². The highest BCUT2D eigenvalue weighted by molar-refractivity contribution is 7.88. The number of hydrogen-bond donors (Lipinski definition) is 1. The SMILES string of the molecule is Cc1cc(NC(=O)CN2CCN(S(=O)(=O)Cc3ccccc3)CC2)n(-c2ccccc2F)n1. The summed E-state index contributed by atoms with van der Waals surface area (Å²) in [7, 11) is -3.42. The molecule has 1 N–H and O–H groups in total. The zero-order valence-electron chi connectivity index (χ0n) is 18.3. The summed E-state index contributed by atoms with van der Waals surface area (Å²) in [4.78, 5) is 14.6.